The van der Waals surface area contributed by atoms with Crippen LogP contribution in [0.2, 0.25) is 0 Å². The largest absolute Gasteiger partial charge is 0.385 e. The smallest absolute Gasteiger partial charge is 0.295 e. The van der Waals surface area contributed by atoms with E-state index < -0.39 is 0 Å². The van der Waals surface area contributed by atoms with E-state index in [9.17, 15) is 4.79 Å². The van der Waals surface area contributed by atoms with Crippen LogP contribution < -0.4 is 10.6 Å². The molecule has 1 amide bonds. The van der Waals surface area contributed by atoms with Gasteiger partial charge in [-0.1, -0.05) is 0 Å². The van der Waals surface area contributed by atoms with Gasteiger partial charge >= 0.3 is 0 Å². The van der Waals surface area contributed by atoms with Crippen molar-refractivity contribution in [3.63, 3.8) is 0 Å². The number of fused-ring (bicyclic) bond motifs is 1. The fourth-order valence-electron chi connectivity index (χ4n) is 2.18. The number of benzene rings is 1. The van der Waals surface area contributed by atoms with Gasteiger partial charge in [-0.15, -0.1) is 5.10 Å². The second kappa shape index (κ2) is 4.72. The molecule has 3 N–H and O–H groups in total. The maximum absolute atomic E-state index is 11.9. The van der Waals surface area contributed by atoms with Crippen LogP contribution in [0, 0.1) is 6.92 Å². The Morgan fingerprint density at radius 3 is 3.11 bits per heavy atom. The second-order valence-corrected chi connectivity index (χ2v) is 4.60. The first-order chi connectivity index (χ1) is 9.22. The third kappa shape index (κ3) is 2.42. The number of carbonyl (C=O) groups is 1. The van der Waals surface area contributed by atoms with Crippen molar-refractivity contribution in [3.8, 4) is 0 Å². The summed E-state index contributed by atoms with van der Waals surface area (Å²) in [4.78, 5) is 15.9. The molecule has 0 saturated heterocycles. The molecule has 0 fully saturated rings. The van der Waals surface area contributed by atoms with E-state index in [1.807, 2.05) is 18.2 Å². The van der Waals surface area contributed by atoms with Crippen molar-refractivity contribution in [1.29, 1.82) is 0 Å². The van der Waals surface area contributed by atoms with E-state index in [4.69, 9.17) is 0 Å². The van der Waals surface area contributed by atoms with Crippen LogP contribution in [-0.4, -0.2) is 27.6 Å². The number of hydrogen-bond donors (Lipinski definition) is 3. The van der Waals surface area contributed by atoms with E-state index >= 15 is 0 Å². The Hall–Kier alpha value is -2.37. The van der Waals surface area contributed by atoms with Gasteiger partial charge in [0, 0.05) is 17.9 Å². The number of rotatable bonds is 2. The number of nitrogens with one attached hydrogen (secondary N) is 3. The zero-order valence-electron chi connectivity index (χ0n) is 10.7. The highest BCUT2D eigenvalue weighted by atomic mass is 16.2. The quantitative estimate of drug-likeness (QED) is 0.765. The molecule has 0 unspecified atom stereocenters. The number of nitrogens with zero attached hydrogens (tertiary/aromatic N) is 2. The summed E-state index contributed by atoms with van der Waals surface area (Å²) in [5.41, 5.74) is 3.16. The molecule has 0 spiro atoms. The maximum Gasteiger partial charge on any atom is 0.295 e. The average molecular weight is 257 g/mol. The lowest BCUT2D eigenvalue weighted by atomic mass is 10.0. The summed E-state index contributed by atoms with van der Waals surface area (Å²) in [5.74, 6) is 0.487. The summed E-state index contributed by atoms with van der Waals surface area (Å²) in [6.07, 6.45) is 2.15. The van der Waals surface area contributed by atoms with Crippen LogP contribution in [0.1, 0.15) is 28.4 Å². The van der Waals surface area contributed by atoms with Crippen molar-refractivity contribution in [2.75, 3.05) is 17.2 Å². The van der Waals surface area contributed by atoms with Crippen LogP contribution >= 0.6 is 0 Å². The van der Waals surface area contributed by atoms with Gasteiger partial charge in [0.05, 0.1) is 0 Å². The fraction of sp³-hybridized carbons (Fsp3) is 0.308. The number of carbonyl (C=O) groups excluding carboxylic acids is 1. The summed E-state index contributed by atoms with van der Waals surface area (Å²) < 4.78 is 0. The molecule has 1 aliphatic heterocycles. The van der Waals surface area contributed by atoms with E-state index in [0.29, 0.717) is 5.82 Å². The molecule has 0 bridgehead atoms. The van der Waals surface area contributed by atoms with Crippen LogP contribution in [0.15, 0.2) is 18.2 Å². The van der Waals surface area contributed by atoms with Crippen molar-refractivity contribution >= 4 is 17.3 Å². The van der Waals surface area contributed by atoms with Gasteiger partial charge in [-0.05, 0) is 43.5 Å². The lowest BCUT2D eigenvalue weighted by Gasteiger charge is -2.18. The van der Waals surface area contributed by atoms with Crippen LogP contribution in [0.4, 0.5) is 11.4 Å². The standard InChI is InChI=1S/C13H15N5O/c1-8-15-12(18-17-8)13(19)16-10-4-5-11-9(7-10)3-2-6-14-11/h4-5,7,14H,2-3,6H2,1H3,(H,16,19)(H,15,17,18). The van der Waals surface area contributed by atoms with E-state index in [1.165, 1.54) is 5.56 Å². The number of anilines is 2. The summed E-state index contributed by atoms with van der Waals surface area (Å²) in [5, 5.41) is 12.6. The normalized spacial score (nSPS) is 13.5. The fourth-order valence-corrected chi connectivity index (χ4v) is 2.18. The Labute approximate surface area is 110 Å². The first-order valence-electron chi connectivity index (χ1n) is 6.29. The summed E-state index contributed by atoms with van der Waals surface area (Å²) in [6, 6.07) is 5.88. The highest BCUT2D eigenvalue weighted by Gasteiger charge is 2.13. The number of aryl methyl sites for hydroxylation is 2. The molecular weight excluding hydrogens is 242 g/mol. The number of aromatic nitrogens is 3. The summed E-state index contributed by atoms with van der Waals surface area (Å²) in [7, 11) is 0. The summed E-state index contributed by atoms with van der Waals surface area (Å²) in [6.45, 7) is 2.77. The predicted molar refractivity (Wildman–Crippen MR) is 72.3 cm³/mol. The average Bonchev–Trinajstić information content (AvgIpc) is 2.85. The van der Waals surface area contributed by atoms with E-state index in [2.05, 4.69) is 25.8 Å². The van der Waals surface area contributed by atoms with Gasteiger partial charge < -0.3 is 10.6 Å². The van der Waals surface area contributed by atoms with Gasteiger partial charge in [-0.3, -0.25) is 9.89 Å². The minimum Gasteiger partial charge on any atom is -0.385 e. The lowest BCUT2D eigenvalue weighted by molar-refractivity contribution is 0.101. The molecule has 0 atom stereocenters. The van der Waals surface area contributed by atoms with Gasteiger partial charge in [0.25, 0.3) is 5.91 Å². The Morgan fingerprint density at radius 1 is 1.42 bits per heavy atom. The first-order valence-corrected chi connectivity index (χ1v) is 6.29. The highest BCUT2D eigenvalue weighted by Crippen LogP contribution is 2.25. The molecule has 6 nitrogen and oxygen atoms in total. The number of aromatic amines is 1. The van der Waals surface area contributed by atoms with Crippen LogP contribution in [0.3, 0.4) is 0 Å². The zero-order chi connectivity index (χ0) is 13.2. The molecular formula is C13H15N5O. The van der Waals surface area contributed by atoms with Crippen LogP contribution in [0.5, 0.6) is 0 Å². The SMILES string of the molecule is Cc1nc(C(=O)Nc2ccc3c(c2)CCCN3)n[nH]1. The zero-order valence-corrected chi connectivity index (χ0v) is 10.7. The third-order valence-corrected chi connectivity index (χ3v) is 3.10. The molecule has 2 aromatic rings. The van der Waals surface area contributed by atoms with Crippen LogP contribution in [-0.2, 0) is 6.42 Å². The van der Waals surface area contributed by atoms with Crippen molar-refractivity contribution in [1.82, 2.24) is 15.2 Å². The minimum absolute atomic E-state index is 0.161. The molecule has 0 saturated carbocycles. The van der Waals surface area contributed by atoms with Gasteiger partial charge in [0.2, 0.25) is 5.82 Å². The number of hydrogen-bond acceptors (Lipinski definition) is 4. The Bertz CT molecular complexity index is 619. The molecule has 0 radical (unpaired) electrons. The van der Waals surface area contributed by atoms with Gasteiger partial charge in [-0.2, -0.15) is 0 Å². The molecule has 6 heteroatoms. The van der Waals surface area contributed by atoms with Crippen molar-refractivity contribution in [2.45, 2.75) is 19.8 Å². The minimum atomic E-state index is -0.298. The molecule has 3 rings (SSSR count). The molecule has 1 aromatic carbocycles. The first kappa shape index (κ1) is 11.7. The topological polar surface area (TPSA) is 82.7 Å². The van der Waals surface area contributed by atoms with E-state index in [0.717, 1.165) is 30.8 Å². The molecule has 98 valence electrons. The van der Waals surface area contributed by atoms with Gasteiger partial charge in [0.1, 0.15) is 5.82 Å². The molecule has 19 heavy (non-hydrogen) atoms. The Balaban J connectivity index is 1.78. The molecule has 1 aliphatic rings. The van der Waals surface area contributed by atoms with Gasteiger partial charge in [0.15, 0.2) is 0 Å². The van der Waals surface area contributed by atoms with Crippen molar-refractivity contribution in [2.24, 2.45) is 0 Å². The highest BCUT2D eigenvalue weighted by molar-refractivity contribution is 6.01. The number of H-pyrrole nitrogens is 1. The lowest BCUT2D eigenvalue weighted by Crippen LogP contribution is -2.15. The Kier molecular flexibility index (Phi) is 2.91. The van der Waals surface area contributed by atoms with Crippen molar-refractivity contribution in [3.05, 3.63) is 35.4 Å². The van der Waals surface area contributed by atoms with E-state index in [-0.39, 0.29) is 11.7 Å². The van der Waals surface area contributed by atoms with E-state index in [1.54, 1.807) is 6.92 Å². The van der Waals surface area contributed by atoms with Crippen molar-refractivity contribution < 1.29 is 4.79 Å². The maximum atomic E-state index is 11.9. The van der Waals surface area contributed by atoms with Crippen LogP contribution in [0.25, 0.3) is 0 Å². The molecule has 0 aliphatic carbocycles. The van der Waals surface area contributed by atoms with Gasteiger partial charge in [-0.25, -0.2) is 4.98 Å². The third-order valence-electron chi connectivity index (χ3n) is 3.10. The number of amides is 1. The second-order valence-electron chi connectivity index (χ2n) is 4.60. The molecule has 2 heterocycles. The summed E-state index contributed by atoms with van der Waals surface area (Å²) >= 11 is 0. The predicted octanol–water partition coefficient (Wildman–Crippen LogP) is 1.72. The Morgan fingerprint density at radius 2 is 2.32 bits per heavy atom. The molecule has 1 aromatic heterocycles. The monoisotopic (exact) mass is 257 g/mol.